The predicted molar refractivity (Wildman–Crippen MR) is 102 cm³/mol. The molecule has 0 aromatic heterocycles. The number of benzene rings is 1. The maximum absolute atomic E-state index is 11.4. The van der Waals surface area contributed by atoms with Gasteiger partial charge in [-0.1, -0.05) is 18.6 Å². The van der Waals surface area contributed by atoms with E-state index >= 15 is 0 Å². The number of aliphatic hydroxyl groups is 1. The van der Waals surface area contributed by atoms with Gasteiger partial charge in [0, 0.05) is 5.41 Å². The Morgan fingerprint density at radius 2 is 2.04 bits per heavy atom. The molecule has 0 bridgehead atoms. The highest BCUT2D eigenvalue weighted by Gasteiger charge is 2.51. The SMILES string of the molecule is CC[C@]12CC[C@@H]3c4cc(OC)c(OS(N)(=O)=O)cc4CC[C@H]3C1=CC[C@@H]2O. The minimum absolute atomic E-state index is 0.0561. The van der Waals surface area contributed by atoms with Crippen LogP contribution < -0.4 is 14.1 Å². The van der Waals surface area contributed by atoms with Crippen LogP contribution in [0.5, 0.6) is 11.5 Å². The Labute approximate surface area is 160 Å². The topological polar surface area (TPSA) is 98.9 Å². The molecule has 0 amide bonds. The molecule has 4 atom stereocenters. The zero-order valence-electron chi connectivity index (χ0n) is 15.8. The molecule has 3 aliphatic carbocycles. The molecular formula is C20H27NO5S. The van der Waals surface area contributed by atoms with Gasteiger partial charge in [-0.2, -0.15) is 13.6 Å². The first kappa shape index (κ1) is 18.8. The summed E-state index contributed by atoms with van der Waals surface area (Å²) in [6.07, 6.45) is 7.57. The summed E-state index contributed by atoms with van der Waals surface area (Å²) in [6.45, 7) is 2.18. The molecule has 0 aliphatic heterocycles. The van der Waals surface area contributed by atoms with Crippen molar-refractivity contribution in [2.24, 2.45) is 16.5 Å². The Morgan fingerprint density at radius 1 is 1.26 bits per heavy atom. The van der Waals surface area contributed by atoms with Crippen molar-refractivity contribution in [1.82, 2.24) is 0 Å². The standard InChI is InChI=1S/C20H27NO5S/c1-3-20-9-8-13-14(16(20)6-7-19(20)22)5-4-12-10-18(26-27(21,23)24)17(25-2)11-15(12)13/h6,10-11,13-14,19,22H,3-5,7-9H2,1-2H3,(H2,21,23,24)/t13-,14+,19-,20-/m0/s1. The second-order valence-corrected chi connectivity index (χ2v) is 9.14. The van der Waals surface area contributed by atoms with Gasteiger partial charge in [-0.05, 0) is 73.6 Å². The van der Waals surface area contributed by atoms with Gasteiger partial charge in [0.15, 0.2) is 11.5 Å². The highest BCUT2D eigenvalue weighted by Crippen LogP contribution is 2.60. The normalized spacial score (nSPS) is 32.1. The molecule has 1 aromatic rings. The van der Waals surface area contributed by atoms with Gasteiger partial charge in [-0.3, -0.25) is 0 Å². The number of nitrogens with two attached hydrogens (primary N) is 1. The molecule has 0 heterocycles. The zero-order chi connectivity index (χ0) is 19.4. The van der Waals surface area contributed by atoms with E-state index in [0.717, 1.165) is 44.1 Å². The third kappa shape index (κ3) is 2.96. The number of aliphatic hydroxyl groups excluding tert-OH is 1. The van der Waals surface area contributed by atoms with Gasteiger partial charge in [0.05, 0.1) is 13.2 Å². The van der Waals surface area contributed by atoms with Crippen LogP contribution in [0, 0.1) is 11.3 Å². The molecule has 148 valence electrons. The third-order valence-corrected chi connectivity index (χ3v) is 7.36. The first-order valence-corrected chi connectivity index (χ1v) is 11.1. The van der Waals surface area contributed by atoms with Crippen molar-refractivity contribution in [3.8, 4) is 11.5 Å². The molecule has 3 N–H and O–H groups in total. The van der Waals surface area contributed by atoms with Gasteiger partial charge in [-0.15, -0.1) is 0 Å². The van der Waals surface area contributed by atoms with Crippen LogP contribution >= 0.6 is 0 Å². The molecule has 4 rings (SSSR count). The van der Waals surface area contributed by atoms with E-state index in [2.05, 4.69) is 13.0 Å². The van der Waals surface area contributed by atoms with Gasteiger partial charge < -0.3 is 14.0 Å². The van der Waals surface area contributed by atoms with Crippen LogP contribution in [0.4, 0.5) is 0 Å². The van der Waals surface area contributed by atoms with Gasteiger partial charge in [-0.25, -0.2) is 0 Å². The molecule has 3 aliphatic rings. The van der Waals surface area contributed by atoms with E-state index in [9.17, 15) is 13.5 Å². The first-order valence-electron chi connectivity index (χ1n) is 9.60. The van der Waals surface area contributed by atoms with Crippen LogP contribution in [-0.4, -0.2) is 26.7 Å². The number of rotatable bonds is 4. The number of hydrogen-bond donors (Lipinski definition) is 2. The number of methoxy groups -OCH3 is 1. The summed E-state index contributed by atoms with van der Waals surface area (Å²) >= 11 is 0. The molecule has 0 unspecified atom stereocenters. The van der Waals surface area contributed by atoms with Crippen molar-refractivity contribution in [3.05, 3.63) is 34.9 Å². The van der Waals surface area contributed by atoms with Crippen LogP contribution in [-0.2, 0) is 16.7 Å². The van der Waals surface area contributed by atoms with Gasteiger partial charge in [0.25, 0.3) is 0 Å². The third-order valence-electron chi connectivity index (χ3n) is 6.95. The van der Waals surface area contributed by atoms with Crippen molar-refractivity contribution in [2.75, 3.05) is 7.11 Å². The fraction of sp³-hybridized carbons (Fsp3) is 0.600. The largest absolute Gasteiger partial charge is 0.493 e. The monoisotopic (exact) mass is 393 g/mol. The minimum Gasteiger partial charge on any atom is -0.493 e. The molecule has 7 heteroatoms. The first-order chi connectivity index (χ1) is 12.8. The summed E-state index contributed by atoms with van der Waals surface area (Å²) in [5.41, 5.74) is 3.68. The lowest BCUT2D eigenvalue weighted by molar-refractivity contribution is 0.0311. The van der Waals surface area contributed by atoms with Crippen molar-refractivity contribution < 1.29 is 22.4 Å². The van der Waals surface area contributed by atoms with Crippen LogP contribution in [0.1, 0.15) is 56.1 Å². The van der Waals surface area contributed by atoms with Crippen molar-refractivity contribution in [1.29, 1.82) is 0 Å². The van der Waals surface area contributed by atoms with Gasteiger partial charge in [0.1, 0.15) is 0 Å². The van der Waals surface area contributed by atoms with E-state index < -0.39 is 10.3 Å². The Kier molecular flexibility index (Phi) is 4.52. The van der Waals surface area contributed by atoms with Crippen LogP contribution in [0.3, 0.4) is 0 Å². The molecule has 1 aromatic carbocycles. The minimum atomic E-state index is -4.11. The van der Waals surface area contributed by atoms with E-state index in [-0.39, 0.29) is 17.3 Å². The molecule has 0 saturated heterocycles. The van der Waals surface area contributed by atoms with Gasteiger partial charge in [0.2, 0.25) is 0 Å². The smallest absolute Gasteiger partial charge is 0.380 e. The number of aryl methyl sites for hydroxylation is 1. The summed E-state index contributed by atoms with van der Waals surface area (Å²) in [5, 5.41) is 15.7. The van der Waals surface area contributed by atoms with Crippen molar-refractivity contribution in [2.45, 2.75) is 57.5 Å². The summed E-state index contributed by atoms with van der Waals surface area (Å²) in [5.74, 6) is 1.32. The maximum Gasteiger partial charge on any atom is 0.380 e. The quantitative estimate of drug-likeness (QED) is 0.767. The molecule has 6 nitrogen and oxygen atoms in total. The van der Waals surface area contributed by atoms with Gasteiger partial charge >= 0.3 is 10.3 Å². The average molecular weight is 394 g/mol. The van der Waals surface area contributed by atoms with E-state index in [1.165, 1.54) is 18.2 Å². The molecule has 27 heavy (non-hydrogen) atoms. The van der Waals surface area contributed by atoms with Crippen molar-refractivity contribution >= 4 is 10.3 Å². The Balaban J connectivity index is 1.73. The fourth-order valence-electron chi connectivity index (χ4n) is 5.71. The molecule has 0 spiro atoms. The number of fused-ring (bicyclic) bond motifs is 5. The summed E-state index contributed by atoms with van der Waals surface area (Å²) in [7, 11) is -2.61. The second-order valence-electron chi connectivity index (χ2n) is 7.99. The fourth-order valence-corrected chi connectivity index (χ4v) is 6.09. The molecular weight excluding hydrogens is 366 g/mol. The maximum atomic E-state index is 11.4. The highest BCUT2D eigenvalue weighted by atomic mass is 32.2. The molecule has 0 radical (unpaired) electrons. The lowest BCUT2D eigenvalue weighted by Gasteiger charge is -2.49. The van der Waals surface area contributed by atoms with E-state index in [1.807, 2.05) is 6.07 Å². The van der Waals surface area contributed by atoms with Crippen LogP contribution in [0.2, 0.25) is 0 Å². The van der Waals surface area contributed by atoms with E-state index in [0.29, 0.717) is 17.6 Å². The van der Waals surface area contributed by atoms with Crippen LogP contribution in [0.15, 0.2) is 23.8 Å². The summed E-state index contributed by atoms with van der Waals surface area (Å²) < 4.78 is 33.0. The Bertz CT molecular complexity index is 894. The molecule has 1 saturated carbocycles. The summed E-state index contributed by atoms with van der Waals surface area (Å²) in [4.78, 5) is 0. The second kappa shape index (κ2) is 6.50. The Morgan fingerprint density at radius 3 is 2.70 bits per heavy atom. The molecule has 1 fully saturated rings. The predicted octanol–water partition coefficient (Wildman–Crippen LogP) is 2.80. The zero-order valence-corrected chi connectivity index (χ0v) is 16.6. The number of ether oxygens (including phenoxy) is 1. The van der Waals surface area contributed by atoms with E-state index in [4.69, 9.17) is 14.1 Å². The van der Waals surface area contributed by atoms with Crippen LogP contribution in [0.25, 0.3) is 0 Å². The lowest BCUT2D eigenvalue weighted by Crippen LogP contribution is -2.41. The number of hydrogen-bond acceptors (Lipinski definition) is 5. The Hall–Kier alpha value is -1.57. The summed E-state index contributed by atoms with van der Waals surface area (Å²) in [6, 6.07) is 3.67. The lowest BCUT2D eigenvalue weighted by atomic mass is 9.56. The van der Waals surface area contributed by atoms with Crippen molar-refractivity contribution in [3.63, 3.8) is 0 Å². The average Bonchev–Trinajstić information content (AvgIpc) is 2.96. The van der Waals surface area contributed by atoms with E-state index in [1.54, 1.807) is 6.07 Å². The highest BCUT2D eigenvalue weighted by molar-refractivity contribution is 7.84.